The van der Waals surface area contributed by atoms with Crippen LogP contribution in [0.4, 0.5) is 6.01 Å². The molecule has 0 spiro atoms. The van der Waals surface area contributed by atoms with Gasteiger partial charge in [0, 0.05) is 6.04 Å². The number of alkyl halides is 1. The molecule has 0 aliphatic heterocycles. The Morgan fingerprint density at radius 2 is 2.18 bits per heavy atom. The zero-order chi connectivity index (χ0) is 12.3. The fourth-order valence-corrected chi connectivity index (χ4v) is 2.26. The van der Waals surface area contributed by atoms with Gasteiger partial charge in [-0.3, -0.25) is 4.79 Å². The molecule has 1 amide bonds. The topological polar surface area (TPSA) is 85.3 Å². The number of amides is 1. The third-order valence-electron chi connectivity index (χ3n) is 2.91. The lowest BCUT2D eigenvalue weighted by Crippen LogP contribution is -2.40. The average molecular weight is 259 g/mol. The molecular formula is C10H15ClN4O2. The molecule has 1 aromatic heterocycles. The Kier molecular flexibility index (Phi) is 3.83. The molecule has 1 saturated carbocycles. The molecule has 2 N–H and O–H groups in total. The van der Waals surface area contributed by atoms with Gasteiger partial charge >= 0.3 is 6.01 Å². The molecular weight excluding hydrogens is 244 g/mol. The lowest BCUT2D eigenvalue weighted by Gasteiger charge is -2.25. The van der Waals surface area contributed by atoms with Crippen LogP contribution in [0.2, 0.25) is 0 Å². The molecule has 2 rings (SSSR count). The molecule has 1 aliphatic rings. The summed E-state index contributed by atoms with van der Waals surface area (Å²) in [5.74, 6) is 0.124. The van der Waals surface area contributed by atoms with Crippen molar-refractivity contribution in [3.63, 3.8) is 0 Å². The van der Waals surface area contributed by atoms with Crippen LogP contribution in [0.5, 0.6) is 0 Å². The van der Waals surface area contributed by atoms with Crippen molar-refractivity contribution in [3.05, 3.63) is 5.89 Å². The summed E-state index contributed by atoms with van der Waals surface area (Å²) in [6.07, 6.45) is 4.34. The number of hydrogen-bond donors (Lipinski definition) is 1. The number of halogens is 1. The van der Waals surface area contributed by atoms with Gasteiger partial charge in [0.05, 0.1) is 0 Å². The van der Waals surface area contributed by atoms with Gasteiger partial charge in [-0.25, -0.2) is 0 Å². The SMILES string of the molecule is NC(=O)CN(c1nnc(CCl)o1)C1CCCC1. The number of anilines is 1. The van der Waals surface area contributed by atoms with Crippen molar-refractivity contribution in [2.24, 2.45) is 5.73 Å². The highest BCUT2D eigenvalue weighted by Gasteiger charge is 2.27. The molecule has 1 heterocycles. The maximum atomic E-state index is 11.1. The van der Waals surface area contributed by atoms with Gasteiger partial charge in [0.2, 0.25) is 11.8 Å². The Bertz CT molecular complexity index is 389. The smallest absolute Gasteiger partial charge is 0.318 e. The Hall–Kier alpha value is -1.30. The molecule has 17 heavy (non-hydrogen) atoms. The minimum absolute atomic E-state index is 0.106. The van der Waals surface area contributed by atoms with Crippen molar-refractivity contribution >= 4 is 23.5 Å². The highest BCUT2D eigenvalue weighted by molar-refractivity contribution is 6.16. The van der Waals surface area contributed by atoms with Crippen LogP contribution >= 0.6 is 11.6 Å². The number of primary amides is 1. The maximum absolute atomic E-state index is 11.1. The Labute approximate surface area is 104 Å². The summed E-state index contributed by atoms with van der Waals surface area (Å²) in [5, 5.41) is 7.69. The molecule has 0 saturated heterocycles. The minimum atomic E-state index is -0.400. The van der Waals surface area contributed by atoms with Gasteiger partial charge in [0.25, 0.3) is 0 Å². The van der Waals surface area contributed by atoms with E-state index in [1.54, 1.807) is 4.90 Å². The summed E-state index contributed by atoms with van der Waals surface area (Å²) >= 11 is 5.60. The van der Waals surface area contributed by atoms with Crippen LogP contribution in [0, 0.1) is 0 Å². The summed E-state index contributed by atoms with van der Waals surface area (Å²) in [5.41, 5.74) is 5.24. The quantitative estimate of drug-likeness (QED) is 0.798. The Morgan fingerprint density at radius 1 is 1.47 bits per heavy atom. The number of carbonyl (C=O) groups excluding carboxylic acids is 1. The number of rotatable bonds is 5. The van der Waals surface area contributed by atoms with Crippen molar-refractivity contribution in [3.8, 4) is 0 Å². The third kappa shape index (κ3) is 2.88. The highest BCUT2D eigenvalue weighted by Crippen LogP contribution is 2.27. The van der Waals surface area contributed by atoms with Crippen LogP contribution in [-0.2, 0) is 10.7 Å². The first kappa shape index (κ1) is 12.2. The van der Waals surface area contributed by atoms with Crippen LogP contribution in [-0.4, -0.2) is 28.7 Å². The zero-order valence-corrected chi connectivity index (χ0v) is 10.2. The van der Waals surface area contributed by atoms with E-state index in [-0.39, 0.29) is 18.5 Å². The second-order valence-electron chi connectivity index (χ2n) is 4.14. The summed E-state index contributed by atoms with van der Waals surface area (Å²) < 4.78 is 5.37. The van der Waals surface area contributed by atoms with Crippen LogP contribution < -0.4 is 10.6 Å². The number of nitrogens with zero attached hydrogens (tertiary/aromatic N) is 3. The monoisotopic (exact) mass is 258 g/mol. The van der Waals surface area contributed by atoms with E-state index >= 15 is 0 Å². The molecule has 0 atom stereocenters. The van der Waals surface area contributed by atoms with Crippen LogP contribution in [0.3, 0.4) is 0 Å². The first-order valence-corrected chi connectivity index (χ1v) is 6.17. The first-order valence-electron chi connectivity index (χ1n) is 5.64. The molecule has 0 unspecified atom stereocenters. The van der Waals surface area contributed by atoms with E-state index < -0.39 is 5.91 Å². The van der Waals surface area contributed by atoms with Gasteiger partial charge in [-0.15, -0.1) is 16.7 Å². The standard InChI is InChI=1S/C10H15ClN4O2/c11-5-9-13-14-10(17-9)15(6-8(12)16)7-3-1-2-4-7/h7H,1-6H2,(H2,12,16). The van der Waals surface area contributed by atoms with Crippen LogP contribution in [0.25, 0.3) is 0 Å². The van der Waals surface area contributed by atoms with Crippen molar-refractivity contribution < 1.29 is 9.21 Å². The van der Waals surface area contributed by atoms with Crippen molar-refractivity contribution in [1.82, 2.24) is 10.2 Å². The number of hydrogen-bond acceptors (Lipinski definition) is 5. The second-order valence-corrected chi connectivity index (χ2v) is 4.41. The molecule has 1 aromatic rings. The van der Waals surface area contributed by atoms with Gasteiger partial charge in [0.15, 0.2) is 0 Å². The van der Waals surface area contributed by atoms with E-state index in [9.17, 15) is 4.79 Å². The molecule has 94 valence electrons. The molecule has 0 aromatic carbocycles. The largest absolute Gasteiger partial charge is 0.407 e. The van der Waals surface area contributed by atoms with Crippen molar-refractivity contribution in [2.45, 2.75) is 37.6 Å². The summed E-state index contributed by atoms with van der Waals surface area (Å²) in [4.78, 5) is 12.9. The van der Waals surface area contributed by atoms with Crippen LogP contribution in [0.1, 0.15) is 31.6 Å². The number of aromatic nitrogens is 2. The summed E-state index contributed by atoms with van der Waals surface area (Å²) in [7, 11) is 0. The molecule has 6 nitrogen and oxygen atoms in total. The second kappa shape index (κ2) is 5.35. The summed E-state index contributed by atoms with van der Waals surface area (Å²) in [6.45, 7) is 0.106. The van der Waals surface area contributed by atoms with Crippen molar-refractivity contribution in [2.75, 3.05) is 11.4 Å². The zero-order valence-electron chi connectivity index (χ0n) is 9.43. The van der Waals surface area contributed by atoms with Crippen LogP contribution in [0.15, 0.2) is 4.42 Å². The minimum Gasteiger partial charge on any atom is -0.407 e. The Morgan fingerprint density at radius 3 is 2.71 bits per heavy atom. The molecule has 1 aliphatic carbocycles. The molecule has 0 radical (unpaired) electrons. The predicted molar refractivity (Wildman–Crippen MR) is 62.7 cm³/mol. The van der Waals surface area contributed by atoms with Gasteiger partial charge < -0.3 is 15.1 Å². The highest BCUT2D eigenvalue weighted by atomic mass is 35.5. The Balaban J connectivity index is 2.15. The van der Waals surface area contributed by atoms with E-state index in [0.717, 1.165) is 25.7 Å². The lowest BCUT2D eigenvalue weighted by atomic mass is 10.2. The fraction of sp³-hybridized carbons (Fsp3) is 0.700. The summed E-state index contributed by atoms with van der Waals surface area (Å²) in [6, 6.07) is 0.595. The van der Waals surface area contributed by atoms with Gasteiger partial charge in [-0.05, 0) is 12.8 Å². The molecule has 1 fully saturated rings. The van der Waals surface area contributed by atoms with E-state index in [4.69, 9.17) is 21.8 Å². The lowest BCUT2D eigenvalue weighted by molar-refractivity contribution is -0.116. The molecule has 0 bridgehead atoms. The van der Waals surface area contributed by atoms with E-state index in [1.165, 1.54) is 0 Å². The van der Waals surface area contributed by atoms with Crippen molar-refractivity contribution in [1.29, 1.82) is 0 Å². The maximum Gasteiger partial charge on any atom is 0.318 e. The fourth-order valence-electron chi connectivity index (χ4n) is 2.15. The predicted octanol–water partition coefficient (Wildman–Crippen LogP) is 1.04. The number of nitrogens with two attached hydrogens (primary N) is 1. The van der Waals surface area contributed by atoms with E-state index in [2.05, 4.69) is 10.2 Å². The van der Waals surface area contributed by atoms with Gasteiger partial charge in [0.1, 0.15) is 12.4 Å². The number of carbonyl (C=O) groups is 1. The van der Waals surface area contributed by atoms with Gasteiger partial charge in [-0.1, -0.05) is 17.9 Å². The van der Waals surface area contributed by atoms with Gasteiger partial charge in [-0.2, -0.15) is 0 Å². The first-order chi connectivity index (χ1) is 8.20. The van der Waals surface area contributed by atoms with E-state index in [1.807, 2.05) is 0 Å². The molecule has 7 heteroatoms. The normalized spacial score (nSPS) is 16.3. The van der Waals surface area contributed by atoms with E-state index in [0.29, 0.717) is 11.9 Å². The average Bonchev–Trinajstić information content (AvgIpc) is 2.97. The third-order valence-corrected chi connectivity index (χ3v) is 3.14.